The van der Waals surface area contributed by atoms with Gasteiger partial charge >= 0.3 is 5.97 Å². The Hall–Kier alpha value is -3.12. The van der Waals surface area contributed by atoms with E-state index in [2.05, 4.69) is 5.10 Å². The molecule has 1 amide bonds. The molecule has 0 saturated heterocycles. The lowest BCUT2D eigenvalue weighted by atomic mass is 10.1. The lowest BCUT2D eigenvalue weighted by Crippen LogP contribution is -2.36. The smallest absolute Gasteiger partial charge is 0.310 e. The van der Waals surface area contributed by atoms with Gasteiger partial charge < -0.3 is 9.64 Å². The predicted molar refractivity (Wildman–Crippen MR) is 111 cm³/mol. The molecule has 150 valence electrons. The Labute approximate surface area is 174 Å². The van der Waals surface area contributed by atoms with Gasteiger partial charge in [-0.2, -0.15) is 5.10 Å². The Bertz CT molecular complexity index is 970. The van der Waals surface area contributed by atoms with E-state index in [4.69, 9.17) is 16.3 Å². The number of nitrogens with zero attached hydrogens (tertiary/aromatic N) is 3. The van der Waals surface area contributed by atoms with Crippen LogP contribution < -0.4 is 0 Å². The van der Waals surface area contributed by atoms with Crippen LogP contribution in [0.1, 0.15) is 22.8 Å². The van der Waals surface area contributed by atoms with E-state index in [1.54, 1.807) is 34.8 Å². The van der Waals surface area contributed by atoms with Crippen molar-refractivity contribution >= 4 is 23.5 Å². The maximum atomic E-state index is 13.2. The Morgan fingerprint density at radius 2 is 1.83 bits per heavy atom. The molecule has 6 nitrogen and oxygen atoms in total. The van der Waals surface area contributed by atoms with E-state index in [-0.39, 0.29) is 18.4 Å². The number of amides is 1. The van der Waals surface area contributed by atoms with E-state index in [0.717, 1.165) is 11.3 Å². The normalized spacial score (nSPS) is 11.7. The van der Waals surface area contributed by atoms with Gasteiger partial charge in [0.05, 0.1) is 30.5 Å². The summed E-state index contributed by atoms with van der Waals surface area (Å²) in [6.45, 7) is 2.37. The van der Waals surface area contributed by atoms with Crippen molar-refractivity contribution in [2.24, 2.45) is 5.92 Å². The first-order valence-corrected chi connectivity index (χ1v) is 9.57. The van der Waals surface area contributed by atoms with Crippen molar-refractivity contribution in [2.45, 2.75) is 13.5 Å². The van der Waals surface area contributed by atoms with Gasteiger partial charge in [-0.15, -0.1) is 0 Å². The summed E-state index contributed by atoms with van der Waals surface area (Å²) in [7, 11) is 1.35. The zero-order chi connectivity index (χ0) is 20.8. The SMILES string of the molecule is COC(=O)C(C)CN(Cc1ccccc1)C(=O)c1cnn(-c2ccc(Cl)cc2)c1. The Kier molecular flexibility index (Phi) is 6.67. The largest absolute Gasteiger partial charge is 0.469 e. The fraction of sp³-hybridized carbons (Fsp3) is 0.227. The maximum absolute atomic E-state index is 13.2. The van der Waals surface area contributed by atoms with Crippen molar-refractivity contribution < 1.29 is 14.3 Å². The van der Waals surface area contributed by atoms with Gasteiger partial charge in [0.2, 0.25) is 0 Å². The molecule has 0 N–H and O–H groups in total. The first-order chi connectivity index (χ1) is 14.0. The second kappa shape index (κ2) is 9.39. The number of rotatable bonds is 7. The van der Waals surface area contributed by atoms with Gasteiger partial charge in [-0.05, 0) is 29.8 Å². The maximum Gasteiger partial charge on any atom is 0.310 e. The Morgan fingerprint density at radius 3 is 2.48 bits per heavy atom. The highest BCUT2D eigenvalue weighted by Crippen LogP contribution is 2.16. The van der Waals surface area contributed by atoms with E-state index >= 15 is 0 Å². The molecule has 1 unspecified atom stereocenters. The average Bonchev–Trinajstić information content (AvgIpc) is 3.23. The molecule has 0 aliphatic carbocycles. The molecule has 1 aromatic heterocycles. The molecule has 0 fully saturated rings. The third-order valence-corrected chi connectivity index (χ3v) is 4.77. The molecule has 0 radical (unpaired) electrons. The lowest BCUT2D eigenvalue weighted by molar-refractivity contribution is -0.145. The van der Waals surface area contributed by atoms with Gasteiger partial charge in [0.15, 0.2) is 0 Å². The molecule has 1 heterocycles. The van der Waals surface area contributed by atoms with Crippen molar-refractivity contribution in [3.8, 4) is 5.69 Å². The fourth-order valence-electron chi connectivity index (χ4n) is 2.98. The van der Waals surface area contributed by atoms with Gasteiger partial charge in [0.1, 0.15) is 0 Å². The second-order valence-electron chi connectivity index (χ2n) is 6.75. The minimum absolute atomic E-state index is 0.204. The average molecular weight is 412 g/mol. The van der Waals surface area contributed by atoms with Crippen molar-refractivity contribution in [1.82, 2.24) is 14.7 Å². The van der Waals surface area contributed by atoms with Gasteiger partial charge in [-0.3, -0.25) is 9.59 Å². The summed E-state index contributed by atoms with van der Waals surface area (Å²) in [6, 6.07) is 16.8. The molecular weight excluding hydrogens is 390 g/mol. The molecule has 2 aromatic carbocycles. The molecule has 3 rings (SSSR count). The monoisotopic (exact) mass is 411 g/mol. The number of hydrogen-bond donors (Lipinski definition) is 0. The standard InChI is InChI=1S/C22H22ClN3O3/c1-16(22(28)29-2)13-25(14-17-6-4-3-5-7-17)21(27)18-12-24-26(15-18)20-10-8-19(23)9-11-20/h3-12,15-16H,13-14H2,1-2H3. The number of esters is 1. The van der Waals surface area contributed by atoms with Crippen LogP contribution in [0.3, 0.4) is 0 Å². The molecule has 29 heavy (non-hydrogen) atoms. The summed E-state index contributed by atoms with van der Waals surface area (Å²) in [6.07, 6.45) is 3.20. The highest BCUT2D eigenvalue weighted by atomic mass is 35.5. The molecular formula is C22H22ClN3O3. The number of halogens is 1. The van der Waals surface area contributed by atoms with Gasteiger partial charge in [0, 0.05) is 24.3 Å². The topological polar surface area (TPSA) is 64.4 Å². The van der Waals surface area contributed by atoms with E-state index in [9.17, 15) is 9.59 Å². The summed E-state index contributed by atoms with van der Waals surface area (Å²) in [4.78, 5) is 26.7. The lowest BCUT2D eigenvalue weighted by Gasteiger charge is -2.24. The van der Waals surface area contributed by atoms with Crippen LogP contribution in [0.4, 0.5) is 0 Å². The van der Waals surface area contributed by atoms with Gasteiger partial charge in [-0.25, -0.2) is 4.68 Å². The molecule has 0 aliphatic rings. The zero-order valence-corrected chi connectivity index (χ0v) is 17.0. The molecule has 3 aromatic rings. The summed E-state index contributed by atoms with van der Waals surface area (Å²) in [5.74, 6) is -1.00. The Morgan fingerprint density at radius 1 is 1.14 bits per heavy atom. The summed E-state index contributed by atoms with van der Waals surface area (Å²) in [5, 5.41) is 4.92. The van der Waals surface area contributed by atoms with Crippen LogP contribution in [0.2, 0.25) is 5.02 Å². The number of methoxy groups -OCH3 is 1. The van der Waals surface area contributed by atoms with Crippen molar-refractivity contribution in [3.63, 3.8) is 0 Å². The minimum Gasteiger partial charge on any atom is -0.469 e. The summed E-state index contributed by atoms with van der Waals surface area (Å²) >= 11 is 5.93. The number of carbonyl (C=O) groups is 2. The van der Waals surface area contributed by atoms with Crippen LogP contribution in [-0.2, 0) is 16.1 Å². The number of benzene rings is 2. The van der Waals surface area contributed by atoms with Crippen LogP contribution in [0.5, 0.6) is 0 Å². The van der Waals surface area contributed by atoms with Crippen LogP contribution in [-0.4, -0.2) is 40.2 Å². The number of aromatic nitrogens is 2. The fourth-order valence-corrected chi connectivity index (χ4v) is 3.11. The van der Waals surface area contributed by atoms with E-state index in [1.807, 2.05) is 42.5 Å². The third-order valence-electron chi connectivity index (χ3n) is 4.52. The quantitative estimate of drug-likeness (QED) is 0.552. The van der Waals surface area contributed by atoms with Crippen molar-refractivity contribution in [2.75, 3.05) is 13.7 Å². The van der Waals surface area contributed by atoms with E-state index < -0.39 is 5.92 Å². The van der Waals surface area contributed by atoms with Crippen LogP contribution in [0.25, 0.3) is 5.69 Å². The summed E-state index contributed by atoms with van der Waals surface area (Å²) in [5.41, 5.74) is 2.21. The van der Waals surface area contributed by atoms with Crippen LogP contribution in [0.15, 0.2) is 67.0 Å². The number of hydrogen-bond acceptors (Lipinski definition) is 4. The van der Waals surface area contributed by atoms with Crippen LogP contribution in [0, 0.1) is 5.92 Å². The molecule has 0 bridgehead atoms. The second-order valence-corrected chi connectivity index (χ2v) is 7.18. The zero-order valence-electron chi connectivity index (χ0n) is 16.3. The molecule has 0 spiro atoms. The predicted octanol–water partition coefficient (Wildman–Crippen LogP) is 3.98. The third kappa shape index (κ3) is 5.23. The Balaban J connectivity index is 1.83. The van der Waals surface area contributed by atoms with Crippen LogP contribution >= 0.6 is 11.6 Å². The summed E-state index contributed by atoms with van der Waals surface area (Å²) < 4.78 is 6.44. The highest BCUT2D eigenvalue weighted by molar-refractivity contribution is 6.30. The van der Waals surface area contributed by atoms with Gasteiger partial charge in [0.25, 0.3) is 5.91 Å². The van der Waals surface area contributed by atoms with E-state index in [0.29, 0.717) is 17.1 Å². The molecule has 0 aliphatic heterocycles. The van der Waals surface area contributed by atoms with E-state index in [1.165, 1.54) is 13.3 Å². The minimum atomic E-state index is -0.445. The molecule has 1 atom stereocenters. The highest BCUT2D eigenvalue weighted by Gasteiger charge is 2.24. The molecule has 0 saturated carbocycles. The first-order valence-electron chi connectivity index (χ1n) is 9.19. The van der Waals surface area contributed by atoms with Gasteiger partial charge in [-0.1, -0.05) is 48.9 Å². The number of carbonyl (C=O) groups excluding carboxylic acids is 2. The van der Waals surface area contributed by atoms with Crippen molar-refractivity contribution in [3.05, 3.63) is 83.1 Å². The first kappa shape index (κ1) is 20.6. The van der Waals surface area contributed by atoms with Crippen molar-refractivity contribution in [1.29, 1.82) is 0 Å². The molecule has 7 heteroatoms. The number of ether oxygens (including phenoxy) is 1.